The topological polar surface area (TPSA) is 53.6 Å². The summed E-state index contributed by atoms with van der Waals surface area (Å²) in [5.41, 5.74) is 2.64. The van der Waals surface area contributed by atoms with E-state index in [9.17, 15) is 4.79 Å². The van der Waals surface area contributed by atoms with Gasteiger partial charge in [0.25, 0.3) is 0 Å². The van der Waals surface area contributed by atoms with Gasteiger partial charge in [-0.2, -0.15) is 0 Å². The van der Waals surface area contributed by atoms with Crippen LogP contribution in [-0.4, -0.2) is 47.3 Å². The zero-order valence-electron chi connectivity index (χ0n) is 21.4. The highest BCUT2D eigenvalue weighted by Crippen LogP contribution is 2.48. The lowest BCUT2D eigenvalue weighted by atomic mass is 9.62. The van der Waals surface area contributed by atoms with Crippen LogP contribution in [0.15, 0.2) is 0 Å². The molecule has 0 aromatic rings. The fraction of sp³-hybridized carbons (Fsp3) is 0.960. The van der Waals surface area contributed by atoms with Crippen LogP contribution in [0, 0.1) is 23.2 Å². The summed E-state index contributed by atoms with van der Waals surface area (Å²) >= 11 is 0. The summed E-state index contributed by atoms with van der Waals surface area (Å²) in [4.78, 5) is 12.8. The summed E-state index contributed by atoms with van der Waals surface area (Å²) in [5, 5.41) is 5.55. The first-order valence-electron chi connectivity index (χ1n) is 12.1. The van der Waals surface area contributed by atoms with E-state index in [1.165, 1.54) is 12.8 Å². The highest BCUT2D eigenvalue weighted by molar-refractivity contribution is 5.81. The maximum atomic E-state index is 12.8. The highest BCUT2D eigenvalue weighted by atomic mass is 16.5. The van der Waals surface area contributed by atoms with Crippen molar-refractivity contribution in [2.75, 3.05) is 13.1 Å². The van der Waals surface area contributed by atoms with Gasteiger partial charge in [0.2, 0.25) is 5.91 Å². The van der Waals surface area contributed by atoms with Gasteiger partial charge >= 0.3 is 0 Å². The quantitative estimate of drug-likeness (QED) is 0.532. The molecular formula is C25H49N3O2. The average molecular weight is 424 g/mol. The van der Waals surface area contributed by atoms with Crippen LogP contribution in [0.25, 0.3) is 0 Å². The Labute approximate surface area is 186 Å². The summed E-state index contributed by atoms with van der Waals surface area (Å²) in [6, 6.07) is 0.981. The third kappa shape index (κ3) is 7.20. The molecule has 1 saturated carbocycles. The van der Waals surface area contributed by atoms with Gasteiger partial charge < -0.3 is 10.1 Å². The number of carbonyl (C=O) groups is 1. The minimum absolute atomic E-state index is 0.0624. The molecule has 1 atom stereocenters. The molecule has 1 unspecified atom stereocenters. The lowest BCUT2D eigenvalue weighted by molar-refractivity contribution is -0.167. The molecule has 1 saturated heterocycles. The third-order valence-corrected chi connectivity index (χ3v) is 7.08. The number of amides is 1. The molecule has 1 aliphatic carbocycles. The molecule has 2 N–H and O–H groups in total. The average Bonchev–Trinajstić information content (AvgIpc) is 2.46. The van der Waals surface area contributed by atoms with Crippen LogP contribution in [0.5, 0.6) is 0 Å². The summed E-state index contributed by atoms with van der Waals surface area (Å²) in [5.74, 6) is 2.21. The van der Waals surface area contributed by atoms with Crippen molar-refractivity contribution in [2.24, 2.45) is 23.2 Å². The number of ether oxygens (including phenoxy) is 1. The van der Waals surface area contributed by atoms with Gasteiger partial charge in [-0.3, -0.25) is 10.2 Å². The van der Waals surface area contributed by atoms with Gasteiger partial charge in [-0.1, -0.05) is 34.6 Å². The van der Waals surface area contributed by atoms with Crippen LogP contribution in [-0.2, 0) is 9.53 Å². The van der Waals surface area contributed by atoms with Crippen molar-refractivity contribution in [1.29, 1.82) is 0 Å². The maximum absolute atomic E-state index is 12.8. The molecule has 30 heavy (non-hydrogen) atoms. The first-order chi connectivity index (χ1) is 13.6. The zero-order valence-corrected chi connectivity index (χ0v) is 21.4. The Morgan fingerprint density at radius 1 is 1.03 bits per heavy atom. The van der Waals surface area contributed by atoms with E-state index >= 15 is 0 Å². The Kier molecular flexibility index (Phi) is 8.07. The molecule has 5 nitrogen and oxygen atoms in total. The SMILES string of the molecule is CC(C)NC1CN(NC(=O)C(C)(C)CCC(C)C2CC(C(C)(C)OC(C)(C)C)C2)C1. The van der Waals surface area contributed by atoms with Crippen molar-refractivity contribution in [3.8, 4) is 0 Å². The summed E-state index contributed by atoms with van der Waals surface area (Å²) in [6.45, 7) is 23.6. The van der Waals surface area contributed by atoms with Gasteiger partial charge in [-0.15, -0.1) is 0 Å². The minimum atomic E-state index is -0.331. The molecule has 0 radical (unpaired) electrons. The molecule has 2 fully saturated rings. The normalized spacial score (nSPS) is 25.0. The van der Waals surface area contributed by atoms with Gasteiger partial charge in [0.1, 0.15) is 0 Å². The number of hydrazine groups is 1. The Balaban J connectivity index is 1.70. The zero-order chi connectivity index (χ0) is 22.9. The van der Waals surface area contributed by atoms with E-state index in [0.29, 0.717) is 23.9 Å². The fourth-order valence-electron chi connectivity index (χ4n) is 4.95. The van der Waals surface area contributed by atoms with Gasteiger partial charge in [-0.05, 0) is 78.1 Å². The van der Waals surface area contributed by atoms with Crippen molar-refractivity contribution in [3.63, 3.8) is 0 Å². The van der Waals surface area contributed by atoms with Crippen molar-refractivity contribution in [3.05, 3.63) is 0 Å². The van der Waals surface area contributed by atoms with Gasteiger partial charge in [0, 0.05) is 30.6 Å². The number of carbonyl (C=O) groups excluding carboxylic acids is 1. The molecule has 2 aliphatic rings. The van der Waals surface area contributed by atoms with Crippen LogP contribution < -0.4 is 10.7 Å². The maximum Gasteiger partial charge on any atom is 0.239 e. The van der Waals surface area contributed by atoms with Gasteiger partial charge in [0.05, 0.1) is 11.2 Å². The van der Waals surface area contributed by atoms with Crippen LogP contribution in [0.4, 0.5) is 0 Å². The lowest BCUT2D eigenvalue weighted by Crippen LogP contribution is -2.65. The Morgan fingerprint density at radius 3 is 2.10 bits per heavy atom. The Hall–Kier alpha value is -0.650. The molecule has 0 aromatic carbocycles. The van der Waals surface area contributed by atoms with E-state index < -0.39 is 0 Å². The van der Waals surface area contributed by atoms with Crippen LogP contribution in [0.1, 0.15) is 94.9 Å². The van der Waals surface area contributed by atoms with Crippen molar-refractivity contribution in [1.82, 2.24) is 15.8 Å². The lowest BCUT2D eigenvalue weighted by Gasteiger charge is -2.49. The van der Waals surface area contributed by atoms with Crippen molar-refractivity contribution in [2.45, 2.75) is 118 Å². The van der Waals surface area contributed by atoms with Crippen LogP contribution in [0.3, 0.4) is 0 Å². The van der Waals surface area contributed by atoms with E-state index in [1.54, 1.807) is 0 Å². The number of nitrogens with zero attached hydrogens (tertiary/aromatic N) is 1. The van der Waals surface area contributed by atoms with E-state index in [-0.39, 0.29) is 22.5 Å². The summed E-state index contributed by atoms with van der Waals surface area (Å²) in [7, 11) is 0. The van der Waals surface area contributed by atoms with Crippen LogP contribution >= 0.6 is 0 Å². The smallest absolute Gasteiger partial charge is 0.239 e. The Bertz CT molecular complexity index is 567. The minimum Gasteiger partial charge on any atom is -0.370 e. The monoisotopic (exact) mass is 423 g/mol. The largest absolute Gasteiger partial charge is 0.370 e. The number of rotatable bonds is 10. The second-order valence-electron chi connectivity index (χ2n) is 12.5. The molecule has 1 heterocycles. The summed E-state index contributed by atoms with van der Waals surface area (Å²) in [6.07, 6.45) is 4.53. The van der Waals surface area contributed by atoms with Gasteiger partial charge in [0.15, 0.2) is 0 Å². The first-order valence-corrected chi connectivity index (χ1v) is 12.1. The highest BCUT2D eigenvalue weighted by Gasteiger charge is 2.44. The van der Waals surface area contributed by atoms with Crippen molar-refractivity contribution < 1.29 is 9.53 Å². The summed E-state index contributed by atoms with van der Waals surface area (Å²) < 4.78 is 6.32. The standard InChI is InChI=1S/C25H49N3O2/c1-17(2)26-21-15-28(16-21)27-22(29)24(7,8)12-11-18(3)19-13-20(14-19)25(9,10)30-23(4,5)6/h17-21,26H,11-16H2,1-10H3,(H,27,29). The second kappa shape index (κ2) is 9.46. The third-order valence-electron chi connectivity index (χ3n) is 7.08. The molecule has 1 aliphatic heterocycles. The van der Waals surface area contributed by atoms with E-state index in [2.05, 4.69) is 80.0 Å². The predicted octanol–water partition coefficient (Wildman–Crippen LogP) is 4.76. The van der Waals surface area contributed by atoms with Gasteiger partial charge in [-0.25, -0.2) is 5.01 Å². The Morgan fingerprint density at radius 2 is 1.60 bits per heavy atom. The van der Waals surface area contributed by atoms with Crippen LogP contribution in [0.2, 0.25) is 0 Å². The molecule has 1 amide bonds. The molecule has 0 aromatic heterocycles. The molecule has 176 valence electrons. The van der Waals surface area contributed by atoms with E-state index in [1.807, 2.05) is 5.01 Å². The van der Waals surface area contributed by atoms with E-state index in [4.69, 9.17) is 4.74 Å². The first kappa shape index (κ1) is 25.6. The number of nitrogens with one attached hydrogen (secondary N) is 2. The molecule has 0 spiro atoms. The predicted molar refractivity (Wildman–Crippen MR) is 125 cm³/mol. The van der Waals surface area contributed by atoms with Crippen molar-refractivity contribution >= 4 is 5.91 Å². The molecule has 0 bridgehead atoms. The molecule has 5 heteroatoms. The number of hydrogen-bond acceptors (Lipinski definition) is 4. The second-order valence-corrected chi connectivity index (χ2v) is 12.5. The molecular weight excluding hydrogens is 374 g/mol. The number of hydrogen-bond donors (Lipinski definition) is 2. The fourth-order valence-corrected chi connectivity index (χ4v) is 4.95. The molecule has 2 rings (SSSR count). The van der Waals surface area contributed by atoms with E-state index in [0.717, 1.165) is 31.8 Å².